The molecule has 0 spiro atoms. The maximum atomic E-state index is 12.2. The molecule has 0 bridgehead atoms. The van der Waals surface area contributed by atoms with Gasteiger partial charge in [-0.25, -0.2) is 0 Å². The molecule has 1 aromatic heterocycles. The second kappa shape index (κ2) is 7.62. The summed E-state index contributed by atoms with van der Waals surface area (Å²) in [5.41, 5.74) is 0.624. The predicted molar refractivity (Wildman–Crippen MR) is 90.9 cm³/mol. The van der Waals surface area contributed by atoms with Crippen LogP contribution in [0.1, 0.15) is 38.1 Å². The summed E-state index contributed by atoms with van der Waals surface area (Å²) < 4.78 is 1.36. The van der Waals surface area contributed by atoms with Gasteiger partial charge >= 0.3 is 5.69 Å². The zero-order chi connectivity index (χ0) is 18.7. The summed E-state index contributed by atoms with van der Waals surface area (Å²) in [6.45, 7) is 8.11. The Kier molecular flexibility index (Phi) is 5.76. The van der Waals surface area contributed by atoms with Crippen molar-refractivity contribution >= 4 is 17.5 Å². The van der Waals surface area contributed by atoms with Crippen molar-refractivity contribution in [2.24, 2.45) is 5.92 Å². The van der Waals surface area contributed by atoms with E-state index in [-0.39, 0.29) is 36.0 Å². The van der Waals surface area contributed by atoms with Crippen LogP contribution < -0.4 is 5.32 Å². The maximum Gasteiger partial charge on any atom is 0.312 e. The Labute approximate surface area is 146 Å². The molecule has 1 saturated heterocycles. The second-order valence-electron chi connectivity index (χ2n) is 6.76. The maximum absolute atomic E-state index is 12.2. The molecule has 1 N–H and O–H groups in total. The van der Waals surface area contributed by atoms with E-state index in [0.29, 0.717) is 37.3 Å². The number of nitrogens with zero attached hydrogens (tertiary/aromatic N) is 4. The molecule has 2 amide bonds. The summed E-state index contributed by atoms with van der Waals surface area (Å²) in [7, 11) is 0. The van der Waals surface area contributed by atoms with Gasteiger partial charge in [0.2, 0.25) is 11.8 Å². The highest BCUT2D eigenvalue weighted by atomic mass is 16.6. The number of carbonyl (C=O) groups is 2. The second-order valence-corrected chi connectivity index (χ2v) is 6.76. The molecule has 0 unspecified atom stereocenters. The van der Waals surface area contributed by atoms with Crippen molar-refractivity contribution in [3.05, 3.63) is 21.5 Å². The van der Waals surface area contributed by atoms with E-state index in [1.165, 1.54) is 4.68 Å². The molecule has 0 aromatic carbocycles. The van der Waals surface area contributed by atoms with Gasteiger partial charge in [-0.2, -0.15) is 5.10 Å². The Morgan fingerprint density at radius 2 is 1.92 bits per heavy atom. The number of likely N-dealkylation sites (tertiary alicyclic amines) is 1. The fourth-order valence-electron chi connectivity index (χ4n) is 3.12. The van der Waals surface area contributed by atoms with Crippen LogP contribution >= 0.6 is 0 Å². The lowest BCUT2D eigenvalue weighted by molar-refractivity contribution is -0.386. The van der Waals surface area contributed by atoms with Crippen molar-refractivity contribution in [2.75, 3.05) is 13.1 Å². The summed E-state index contributed by atoms with van der Waals surface area (Å²) in [4.78, 5) is 36.6. The lowest BCUT2D eigenvalue weighted by Crippen LogP contribution is -2.48. The number of hydrogen-bond donors (Lipinski definition) is 1. The molecule has 25 heavy (non-hydrogen) atoms. The molecule has 0 aliphatic carbocycles. The summed E-state index contributed by atoms with van der Waals surface area (Å²) in [6, 6.07) is 0.00987. The zero-order valence-corrected chi connectivity index (χ0v) is 15.1. The average molecular weight is 351 g/mol. The number of piperidine rings is 1. The van der Waals surface area contributed by atoms with Crippen LogP contribution in [0.25, 0.3) is 0 Å². The molecule has 1 fully saturated rings. The number of aromatic nitrogens is 2. The Balaban J connectivity index is 1.89. The zero-order valence-electron chi connectivity index (χ0n) is 15.1. The van der Waals surface area contributed by atoms with Gasteiger partial charge in [-0.3, -0.25) is 24.4 Å². The highest BCUT2D eigenvalue weighted by Gasteiger charge is 2.26. The lowest BCUT2D eigenvalue weighted by Gasteiger charge is -2.33. The summed E-state index contributed by atoms with van der Waals surface area (Å²) in [5.74, 6) is -0.109. The number of nitro groups is 1. The molecule has 0 atom stereocenters. The van der Waals surface area contributed by atoms with Crippen molar-refractivity contribution in [1.29, 1.82) is 0 Å². The first-order valence-corrected chi connectivity index (χ1v) is 8.47. The van der Waals surface area contributed by atoms with Crippen molar-refractivity contribution < 1.29 is 14.5 Å². The topological polar surface area (TPSA) is 110 Å². The van der Waals surface area contributed by atoms with Crippen LogP contribution in [0.4, 0.5) is 5.69 Å². The van der Waals surface area contributed by atoms with Crippen molar-refractivity contribution in [3.63, 3.8) is 0 Å². The number of carbonyl (C=O) groups excluding carboxylic acids is 2. The van der Waals surface area contributed by atoms with E-state index in [2.05, 4.69) is 10.4 Å². The quantitative estimate of drug-likeness (QED) is 0.632. The smallest absolute Gasteiger partial charge is 0.312 e. The fraction of sp³-hybridized carbons (Fsp3) is 0.688. The van der Waals surface area contributed by atoms with E-state index in [4.69, 9.17) is 0 Å². The predicted octanol–water partition coefficient (Wildman–Crippen LogP) is 1.17. The molecular weight excluding hydrogens is 326 g/mol. The molecule has 0 saturated carbocycles. The van der Waals surface area contributed by atoms with Crippen molar-refractivity contribution in [1.82, 2.24) is 20.0 Å². The van der Waals surface area contributed by atoms with Gasteiger partial charge in [0.05, 0.1) is 4.92 Å². The van der Waals surface area contributed by atoms with Crippen molar-refractivity contribution in [3.8, 4) is 0 Å². The molecule has 0 radical (unpaired) electrons. The normalized spacial score (nSPS) is 15.5. The first-order valence-electron chi connectivity index (χ1n) is 8.47. The van der Waals surface area contributed by atoms with Crippen LogP contribution in [0.2, 0.25) is 0 Å². The molecule has 2 heterocycles. The number of amides is 2. The van der Waals surface area contributed by atoms with E-state index < -0.39 is 4.92 Å². The minimum atomic E-state index is -0.479. The van der Waals surface area contributed by atoms with E-state index in [0.717, 1.165) is 0 Å². The first-order chi connectivity index (χ1) is 11.7. The average Bonchev–Trinajstić information content (AvgIpc) is 2.81. The minimum absolute atomic E-state index is 0.00987. The SMILES string of the molecule is Cc1nn(CC(=O)NC2CCN(C(=O)C(C)C)CC2)c(C)c1[N+](=O)[O-]. The number of aryl methyl sites for hydroxylation is 1. The van der Waals surface area contributed by atoms with Crippen LogP contribution in [0.3, 0.4) is 0 Å². The number of hydrogen-bond acceptors (Lipinski definition) is 5. The monoisotopic (exact) mass is 351 g/mol. The third-order valence-electron chi connectivity index (χ3n) is 4.48. The van der Waals surface area contributed by atoms with Gasteiger partial charge in [0, 0.05) is 25.0 Å². The van der Waals surface area contributed by atoms with Gasteiger partial charge in [0.25, 0.3) is 0 Å². The number of rotatable bonds is 5. The van der Waals surface area contributed by atoms with E-state index in [9.17, 15) is 19.7 Å². The third-order valence-corrected chi connectivity index (χ3v) is 4.48. The Bertz CT molecular complexity index is 674. The van der Waals surface area contributed by atoms with E-state index in [1.807, 2.05) is 18.7 Å². The van der Waals surface area contributed by atoms with Crippen molar-refractivity contribution in [2.45, 2.75) is 53.1 Å². The fourth-order valence-corrected chi connectivity index (χ4v) is 3.12. The van der Waals surface area contributed by atoms with Gasteiger partial charge in [0.1, 0.15) is 17.9 Å². The summed E-state index contributed by atoms with van der Waals surface area (Å²) in [6.07, 6.45) is 1.42. The van der Waals surface area contributed by atoms with Crippen LogP contribution in [0.5, 0.6) is 0 Å². The van der Waals surface area contributed by atoms with Gasteiger partial charge < -0.3 is 10.2 Å². The molecule has 9 heteroatoms. The van der Waals surface area contributed by atoms with Crippen LogP contribution in [0.15, 0.2) is 0 Å². The highest BCUT2D eigenvalue weighted by Crippen LogP contribution is 2.21. The minimum Gasteiger partial charge on any atom is -0.352 e. The molecular formula is C16H25N5O4. The van der Waals surface area contributed by atoms with Gasteiger partial charge in [-0.05, 0) is 26.7 Å². The molecule has 1 aromatic rings. The molecule has 1 aliphatic heterocycles. The first kappa shape index (κ1) is 18.9. The number of nitrogens with one attached hydrogen (secondary N) is 1. The molecule has 138 valence electrons. The third kappa shape index (κ3) is 4.34. The Morgan fingerprint density at radius 3 is 2.40 bits per heavy atom. The van der Waals surface area contributed by atoms with E-state index >= 15 is 0 Å². The van der Waals surface area contributed by atoms with Gasteiger partial charge in [-0.1, -0.05) is 13.8 Å². The van der Waals surface area contributed by atoms with E-state index in [1.54, 1.807) is 13.8 Å². The molecule has 2 rings (SSSR count). The molecule has 9 nitrogen and oxygen atoms in total. The summed E-state index contributed by atoms with van der Waals surface area (Å²) >= 11 is 0. The summed E-state index contributed by atoms with van der Waals surface area (Å²) in [5, 5.41) is 18.0. The largest absolute Gasteiger partial charge is 0.352 e. The van der Waals surface area contributed by atoms with Gasteiger partial charge in [-0.15, -0.1) is 0 Å². The van der Waals surface area contributed by atoms with Crippen LogP contribution in [0, 0.1) is 29.9 Å². The standard InChI is InChI=1S/C16H25N5O4/c1-10(2)16(23)19-7-5-13(6-8-19)17-14(22)9-20-12(4)15(21(24)25)11(3)18-20/h10,13H,5-9H2,1-4H3,(H,17,22). The Morgan fingerprint density at radius 1 is 1.32 bits per heavy atom. The lowest BCUT2D eigenvalue weighted by atomic mass is 10.0. The van der Waals surface area contributed by atoms with Crippen LogP contribution in [-0.2, 0) is 16.1 Å². The molecule has 1 aliphatic rings. The highest BCUT2D eigenvalue weighted by molar-refractivity contribution is 5.78. The Hall–Kier alpha value is -2.45. The van der Waals surface area contributed by atoms with Gasteiger partial charge in [0.15, 0.2) is 0 Å². The van der Waals surface area contributed by atoms with Crippen LogP contribution in [-0.4, -0.2) is 50.5 Å².